The zero-order chi connectivity index (χ0) is 9.97. The summed E-state index contributed by atoms with van der Waals surface area (Å²) in [5, 5.41) is 0. The molecule has 1 aliphatic rings. The molecule has 1 aromatic carbocycles. The van der Waals surface area contributed by atoms with E-state index in [4.69, 9.17) is 0 Å². The van der Waals surface area contributed by atoms with Crippen molar-refractivity contribution in [1.82, 2.24) is 4.90 Å². The molecule has 2 nitrogen and oxygen atoms in total. The van der Waals surface area contributed by atoms with Crippen LogP contribution in [0.5, 0.6) is 0 Å². The summed E-state index contributed by atoms with van der Waals surface area (Å²) in [6.07, 6.45) is 0. The molecule has 0 unspecified atom stereocenters. The quantitative estimate of drug-likeness (QED) is 0.696. The summed E-state index contributed by atoms with van der Waals surface area (Å²) in [6.45, 7) is 6.79. The number of nitrogens with zero attached hydrogens (tertiary/aromatic N) is 2. The molecule has 2 heteroatoms. The Labute approximate surface area is 93.5 Å². The predicted molar refractivity (Wildman–Crippen MR) is 67.6 cm³/mol. The molecule has 1 aliphatic heterocycles. The third-order valence-electron chi connectivity index (χ3n) is 2.90. The molecular weight excluding hydrogens is 184 g/mol. The number of aryl methyl sites for hydroxylation is 1. The molecule has 0 bridgehead atoms. The Bertz CT molecular complexity index is 284. The van der Waals surface area contributed by atoms with Gasteiger partial charge in [-0.15, -0.1) is 0 Å². The van der Waals surface area contributed by atoms with Crippen molar-refractivity contribution in [2.75, 3.05) is 38.1 Å². The van der Waals surface area contributed by atoms with Gasteiger partial charge >= 0.3 is 0 Å². The van der Waals surface area contributed by atoms with Crippen molar-refractivity contribution in [3.63, 3.8) is 0 Å². The third kappa shape index (κ3) is 2.96. The lowest BCUT2D eigenvalue weighted by molar-refractivity contribution is 0.313. The first-order valence-corrected chi connectivity index (χ1v) is 5.26. The van der Waals surface area contributed by atoms with E-state index in [9.17, 15) is 0 Å². The van der Waals surface area contributed by atoms with Gasteiger partial charge in [0.15, 0.2) is 0 Å². The second-order valence-electron chi connectivity index (χ2n) is 4.13. The fourth-order valence-corrected chi connectivity index (χ4v) is 1.82. The first-order valence-electron chi connectivity index (χ1n) is 5.26. The second kappa shape index (κ2) is 5.17. The molecule has 0 N–H and O–H groups in total. The number of benzene rings is 1. The third-order valence-corrected chi connectivity index (χ3v) is 2.90. The lowest BCUT2D eigenvalue weighted by atomic mass is 10.2. The SMILES string of the molecule is C.Cc1ccc(N2CCN(C)CC2)cc1. The van der Waals surface area contributed by atoms with Crippen LogP contribution >= 0.6 is 0 Å². The maximum atomic E-state index is 2.46. The Kier molecular flexibility index (Phi) is 4.15. The minimum atomic E-state index is 0. The highest BCUT2D eigenvalue weighted by molar-refractivity contribution is 5.47. The van der Waals surface area contributed by atoms with Crippen LogP contribution in [0, 0.1) is 6.92 Å². The number of rotatable bonds is 1. The van der Waals surface area contributed by atoms with E-state index in [2.05, 4.69) is 48.0 Å². The van der Waals surface area contributed by atoms with Crippen LogP contribution in [0.15, 0.2) is 24.3 Å². The van der Waals surface area contributed by atoms with E-state index in [-0.39, 0.29) is 7.43 Å². The van der Waals surface area contributed by atoms with Gasteiger partial charge in [0.1, 0.15) is 0 Å². The van der Waals surface area contributed by atoms with Crippen LogP contribution in [0.3, 0.4) is 0 Å². The van der Waals surface area contributed by atoms with Crippen LogP contribution < -0.4 is 4.90 Å². The fourth-order valence-electron chi connectivity index (χ4n) is 1.82. The Morgan fingerprint density at radius 1 is 0.933 bits per heavy atom. The average Bonchev–Trinajstić information content (AvgIpc) is 2.21. The molecular formula is C13H22N2. The monoisotopic (exact) mass is 206 g/mol. The zero-order valence-corrected chi connectivity index (χ0v) is 9.03. The van der Waals surface area contributed by atoms with E-state index in [1.54, 1.807) is 0 Å². The number of piperazine rings is 1. The molecule has 0 spiro atoms. The van der Waals surface area contributed by atoms with Crippen molar-refractivity contribution >= 4 is 5.69 Å². The van der Waals surface area contributed by atoms with Crippen molar-refractivity contribution in [3.05, 3.63) is 29.8 Å². The molecule has 1 heterocycles. The van der Waals surface area contributed by atoms with E-state index < -0.39 is 0 Å². The molecule has 2 rings (SSSR count). The Morgan fingerprint density at radius 3 is 2.00 bits per heavy atom. The summed E-state index contributed by atoms with van der Waals surface area (Å²) in [7, 11) is 2.19. The summed E-state index contributed by atoms with van der Waals surface area (Å²) >= 11 is 0. The predicted octanol–water partition coefficient (Wildman–Crippen LogP) is 2.38. The lowest BCUT2D eigenvalue weighted by Crippen LogP contribution is -2.44. The summed E-state index contributed by atoms with van der Waals surface area (Å²) in [6, 6.07) is 8.82. The van der Waals surface area contributed by atoms with Crippen molar-refractivity contribution < 1.29 is 0 Å². The van der Waals surface area contributed by atoms with Crippen LogP contribution in [-0.2, 0) is 0 Å². The van der Waals surface area contributed by atoms with Crippen molar-refractivity contribution in [1.29, 1.82) is 0 Å². The van der Waals surface area contributed by atoms with Crippen molar-refractivity contribution in [2.24, 2.45) is 0 Å². The molecule has 0 radical (unpaired) electrons. The zero-order valence-electron chi connectivity index (χ0n) is 9.03. The van der Waals surface area contributed by atoms with Gasteiger partial charge < -0.3 is 9.80 Å². The van der Waals surface area contributed by atoms with Gasteiger partial charge in [-0.2, -0.15) is 0 Å². The highest BCUT2D eigenvalue weighted by Gasteiger charge is 2.13. The van der Waals surface area contributed by atoms with Gasteiger partial charge in [0.05, 0.1) is 0 Å². The van der Waals surface area contributed by atoms with Gasteiger partial charge in [-0.3, -0.25) is 0 Å². The van der Waals surface area contributed by atoms with E-state index in [0.29, 0.717) is 0 Å². The molecule has 84 valence electrons. The largest absolute Gasteiger partial charge is 0.369 e. The standard InChI is InChI=1S/C12H18N2.CH4/c1-11-3-5-12(6-4-11)14-9-7-13(2)8-10-14;/h3-6H,7-10H2,1-2H3;1H4. The van der Waals surface area contributed by atoms with Crippen LogP contribution in [0.25, 0.3) is 0 Å². The molecule has 1 saturated heterocycles. The highest BCUT2D eigenvalue weighted by atomic mass is 15.2. The molecule has 1 fully saturated rings. The molecule has 1 aromatic rings. The summed E-state index contributed by atoms with van der Waals surface area (Å²) < 4.78 is 0. The van der Waals surface area contributed by atoms with Gasteiger partial charge in [0, 0.05) is 31.9 Å². The van der Waals surface area contributed by atoms with E-state index in [1.165, 1.54) is 24.3 Å². The Balaban J connectivity index is 0.00000112. The molecule has 0 amide bonds. The van der Waals surface area contributed by atoms with Gasteiger partial charge in [0.25, 0.3) is 0 Å². The number of hydrogen-bond donors (Lipinski definition) is 0. The lowest BCUT2D eigenvalue weighted by Gasteiger charge is -2.34. The first-order chi connectivity index (χ1) is 6.75. The summed E-state index contributed by atoms with van der Waals surface area (Å²) in [5.41, 5.74) is 2.70. The summed E-state index contributed by atoms with van der Waals surface area (Å²) in [4.78, 5) is 4.84. The molecule has 0 aliphatic carbocycles. The van der Waals surface area contributed by atoms with Crippen LogP contribution in [0.4, 0.5) is 5.69 Å². The highest BCUT2D eigenvalue weighted by Crippen LogP contribution is 2.16. The average molecular weight is 206 g/mol. The van der Waals surface area contributed by atoms with Gasteiger partial charge in [-0.05, 0) is 26.1 Å². The van der Waals surface area contributed by atoms with Crippen LogP contribution in [0.1, 0.15) is 13.0 Å². The molecule has 0 atom stereocenters. The number of hydrogen-bond acceptors (Lipinski definition) is 2. The van der Waals surface area contributed by atoms with Crippen LogP contribution in [0.2, 0.25) is 0 Å². The number of anilines is 1. The Morgan fingerprint density at radius 2 is 1.47 bits per heavy atom. The summed E-state index contributed by atoms with van der Waals surface area (Å²) in [5.74, 6) is 0. The van der Waals surface area contributed by atoms with E-state index in [0.717, 1.165) is 13.1 Å². The smallest absolute Gasteiger partial charge is 0.0367 e. The molecule has 15 heavy (non-hydrogen) atoms. The fraction of sp³-hybridized carbons (Fsp3) is 0.538. The van der Waals surface area contributed by atoms with E-state index >= 15 is 0 Å². The molecule has 0 saturated carbocycles. The van der Waals surface area contributed by atoms with E-state index in [1.807, 2.05) is 0 Å². The van der Waals surface area contributed by atoms with Gasteiger partial charge in [-0.1, -0.05) is 25.1 Å². The van der Waals surface area contributed by atoms with Crippen molar-refractivity contribution in [2.45, 2.75) is 14.4 Å². The Hall–Kier alpha value is -1.02. The minimum absolute atomic E-state index is 0. The molecule has 0 aromatic heterocycles. The van der Waals surface area contributed by atoms with Crippen molar-refractivity contribution in [3.8, 4) is 0 Å². The van der Waals surface area contributed by atoms with Gasteiger partial charge in [0.2, 0.25) is 0 Å². The normalized spacial score (nSPS) is 17.3. The van der Waals surface area contributed by atoms with Crippen LogP contribution in [-0.4, -0.2) is 38.1 Å². The topological polar surface area (TPSA) is 6.48 Å². The minimum Gasteiger partial charge on any atom is -0.369 e. The number of likely N-dealkylation sites (N-methyl/N-ethyl adjacent to an activating group) is 1. The maximum absolute atomic E-state index is 2.46. The second-order valence-corrected chi connectivity index (χ2v) is 4.13. The van der Waals surface area contributed by atoms with Gasteiger partial charge in [-0.25, -0.2) is 0 Å². The maximum Gasteiger partial charge on any atom is 0.0367 e. The first kappa shape index (κ1) is 12.1.